The predicted molar refractivity (Wildman–Crippen MR) is 151 cm³/mol. The van der Waals surface area contributed by atoms with Crippen LogP contribution in [0, 0.1) is 0 Å². The standard InChI is InChI=1S/C29H30N4O5S/c1-5-33-13-12-22-20(15-33)26(19-8-6-7-9-21(19)30-22)28(35)38-17(2)27(34)32-29-31-23(16-39-29)18-10-11-24(36-3)25(14-18)37-4/h6-11,14,16-17H,5,12-13,15H2,1-4H3,(H,31,32,34). The van der Waals surface area contributed by atoms with E-state index in [1.54, 1.807) is 27.2 Å². The van der Waals surface area contributed by atoms with E-state index in [0.717, 1.165) is 47.2 Å². The van der Waals surface area contributed by atoms with Crippen LogP contribution in [0.1, 0.15) is 35.5 Å². The molecule has 202 valence electrons. The Hall–Kier alpha value is -4.02. The van der Waals surface area contributed by atoms with Crippen LogP contribution in [0.15, 0.2) is 47.8 Å². The summed E-state index contributed by atoms with van der Waals surface area (Å²) >= 11 is 1.28. The monoisotopic (exact) mass is 546 g/mol. The van der Waals surface area contributed by atoms with E-state index >= 15 is 0 Å². The van der Waals surface area contributed by atoms with Crippen molar-refractivity contribution in [1.29, 1.82) is 0 Å². The lowest BCUT2D eigenvalue weighted by atomic mass is 9.95. The molecule has 0 bridgehead atoms. The third kappa shape index (κ3) is 5.43. The molecule has 2 aromatic heterocycles. The van der Waals surface area contributed by atoms with Crippen molar-refractivity contribution in [1.82, 2.24) is 14.9 Å². The Bertz CT molecular complexity index is 1540. The molecule has 10 heteroatoms. The molecule has 0 saturated heterocycles. The van der Waals surface area contributed by atoms with Crippen molar-refractivity contribution in [2.75, 3.05) is 32.6 Å². The summed E-state index contributed by atoms with van der Waals surface area (Å²) in [5.41, 5.74) is 4.51. The van der Waals surface area contributed by atoms with Crippen LogP contribution in [0.5, 0.6) is 11.5 Å². The normalized spacial score (nSPS) is 13.9. The number of ether oxygens (including phenoxy) is 3. The maximum absolute atomic E-state index is 13.5. The molecule has 1 unspecified atom stereocenters. The number of amides is 1. The molecule has 1 N–H and O–H groups in total. The highest BCUT2D eigenvalue weighted by Crippen LogP contribution is 2.34. The molecule has 0 radical (unpaired) electrons. The van der Waals surface area contributed by atoms with Crippen LogP contribution in [0.3, 0.4) is 0 Å². The lowest BCUT2D eigenvalue weighted by Crippen LogP contribution is -2.34. The third-order valence-electron chi connectivity index (χ3n) is 6.84. The van der Waals surface area contributed by atoms with Crippen LogP contribution < -0.4 is 14.8 Å². The van der Waals surface area contributed by atoms with E-state index in [9.17, 15) is 9.59 Å². The molecule has 39 heavy (non-hydrogen) atoms. The average Bonchev–Trinajstić information content (AvgIpc) is 3.43. The number of carbonyl (C=O) groups is 2. The van der Waals surface area contributed by atoms with Gasteiger partial charge in [0, 0.05) is 47.1 Å². The molecular weight excluding hydrogens is 516 g/mol. The Morgan fingerprint density at radius 1 is 1.10 bits per heavy atom. The first-order chi connectivity index (χ1) is 18.9. The van der Waals surface area contributed by atoms with Gasteiger partial charge in [-0.2, -0.15) is 0 Å². The first kappa shape index (κ1) is 26.6. The fraction of sp³-hybridized carbons (Fsp3) is 0.310. The first-order valence-corrected chi connectivity index (χ1v) is 13.6. The van der Waals surface area contributed by atoms with Crippen LogP contribution in [0.25, 0.3) is 22.2 Å². The van der Waals surface area contributed by atoms with E-state index in [1.165, 1.54) is 11.3 Å². The number of hydrogen-bond donors (Lipinski definition) is 1. The van der Waals surface area contributed by atoms with E-state index in [-0.39, 0.29) is 0 Å². The predicted octanol–water partition coefficient (Wildman–Crippen LogP) is 4.94. The minimum atomic E-state index is -1.03. The molecule has 5 rings (SSSR count). The Morgan fingerprint density at radius 2 is 1.90 bits per heavy atom. The number of aromatic nitrogens is 2. The molecular formula is C29H30N4O5S. The maximum atomic E-state index is 13.5. The molecule has 0 aliphatic carbocycles. The number of hydrogen-bond acceptors (Lipinski definition) is 9. The van der Waals surface area contributed by atoms with Crippen molar-refractivity contribution in [3.8, 4) is 22.8 Å². The van der Waals surface area contributed by atoms with Crippen molar-refractivity contribution in [2.45, 2.75) is 32.9 Å². The number of anilines is 1. The second-order valence-corrected chi connectivity index (χ2v) is 10.1. The van der Waals surface area contributed by atoms with Crippen molar-refractivity contribution >= 4 is 39.2 Å². The number of thiazole rings is 1. The minimum absolute atomic E-state index is 0.401. The van der Waals surface area contributed by atoms with Gasteiger partial charge in [0.05, 0.1) is 31.0 Å². The van der Waals surface area contributed by atoms with Gasteiger partial charge in [0.25, 0.3) is 5.91 Å². The summed E-state index contributed by atoms with van der Waals surface area (Å²) in [6.07, 6.45) is -0.268. The number of nitrogens with zero attached hydrogens (tertiary/aromatic N) is 3. The number of likely N-dealkylation sites (N-methyl/N-ethyl adjacent to an activating group) is 1. The number of benzene rings is 2. The van der Waals surface area contributed by atoms with Gasteiger partial charge in [0.1, 0.15) is 0 Å². The van der Waals surface area contributed by atoms with Crippen LogP contribution >= 0.6 is 11.3 Å². The van der Waals surface area contributed by atoms with Crippen molar-refractivity contribution in [3.05, 3.63) is 64.7 Å². The summed E-state index contributed by atoms with van der Waals surface area (Å²) < 4.78 is 16.4. The molecule has 4 aromatic rings. The molecule has 1 amide bonds. The summed E-state index contributed by atoms with van der Waals surface area (Å²) in [4.78, 5) is 38.1. The minimum Gasteiger partial charge on any atom is -0.493 e. The van der Waals surface area contributed by atoms with E-state index < -0.39 is 18.0 Å². The van der Waals surface area contributed by atoms with Crippen molar-refractivity contribution < 1.29 is 23.8 Å². The van der Waals surface area contributed by atoms with Gasteiger partial charge in [-0.25, -0.2) is 9.78 Å². The maximum Gasteiger partial charge on any atom is 0.339 e. The molecule has 2 aromatic carbocycles. The van der Waals surface area contributed by atoms with Gasteiger partial charge in [-0.05, 0) is 37.7 Å². The first-order valence-electron chi connectivity index (χ1n) is 12.7. The number of rotatable bonds is 8. The molecule has 0 spiro atoms. The van der Waals surface area contributed by atoms with Gasteiger partial charge in [-0.3, -0.25) is 20.0 Å². The van der Waals surface area contributed by atoms with Gasteiger partial charge < -0.3 is 14.2 Å². The highest BCUT2D eigenvalue weighted by Gasteiger charge is 2.28. The molecule has 1 aliphatic heterocycles. The van der Waals surface area contributed by atoms with Gasteiger partial charge in [0.2, 0.25) is 0 Å². The SMILES string of the molecule is CCN1CCc2nc3ccccc3c(C(=O)OC(C)C(=O)Nc3nc(-c4ccc(OC)c(OC)c4)cs3)c2C1. The molecule has 0 saturated carbocycles. The molecule has 3 heterocycles. The molecule has 0 fully saturated rings. The second-order valence-electron chi connectivity index (χ2n) is 9.19. The number of fused-ring (bicyclic) bond motifs is 2. The summed E-state index contributed by atoms with van der Waals surface area (Å²) in [6, 6.07) is 13.0. The number of carbonyl (C=O) groups excluding carboxylic acids is 2. The summed E-state index contributed by atoms with van der Waals surface area (Å²) in [5.74, 6) is 0.211. The van der Waals surface area contributed by atoms with Crippen molar-refractivity contribution in [2.24, 2.45) is 0 Å². The zero-order valence-electron chi connectivity index (χ0n) is 22.3. The number of nitrogens with one attached hydrogen (secondary N) is 1. The molecule has 1 atom stereocenters. The van der Waals surface area contributed by atoms with E-state index in [0.29, 0.717) is 34.4 Å². The number of esters is 1. The van der Waals surface area contributed by atoms with Crippen molar-refractivity contribution in [3.63, 3.8) is 0 Å². The second kappa shape index (κ2) is 11.4. The van der Waals surface area contributed by atoms with Gasteiger partial charge in [-0.1, -0.05) is 25.1 Å². The Balaban J connectivity index is 1.33. The molecule has 1 aliphatic rings. The number of pyridine rings is 1. The number of para-hydroxylation sites is 1. The van der Waals surface area contributed by atoms with Gasteiger partial charge in [0.15, 0.2) is 22.7 Å². The third-order valence-corrected chi connectivity index (χ3v) is 7.60. The zero-order chi connectivity index (χ0) is 27.5. The Labute approximate surface area is 230 Å². The Morgan fingerprint density at radius 3 is 2.67 bits per heavy atom. The highest BCUT2D eigenvalue weighted by molar-refractivity contribution is 7.14. The summed E-state index contributed by atoms with van der Waals surface area (Å²) in [6.45, 7) is 6.04. The quantitative estimate of drug-likeness (QED) is 0.310. The van der Waals surface area contributed by atoms with Crippen LogP contribution in [0.2, 0.25) is 0 Å². The van der Waals surface area contributed by atoms with Crippen LogP contribution in [-0.4, -0.2) is 60.2 Å². The van der Waals surface area contributed by atoms with Gasteiger partial charge >= 0.3 is 5.97 Å². The smallest absolute Gasteiger partial charge is 0.339 e. The van der Waals surface area contributed by atoms with E-state index in [1.807, 2.05) is 41.8 Å². The van der Waals surface area contributed by atoms with Crippen LogP contribution in [0.4, 0.5) is 5.13 Å². The largest absolute Gasteiger partial charge is 0.493 e. The lowest BCUT2D eigenvalue weighted by molar-refractivity contribution is -0.123. The Kier molecular flexibility index (Phi) is 7.76. The van der Waals surface area contributed by atoms with E-state index in [4.69, 9.17) is 19.2 Å². The van der Waals surface area contributed by atoms with Crippen LogP contribution in [-0.2, 0) is 22.5 Å². The average molecular weight is 547 g/mol. The summed E-state index contributed by atoms with van der Waals surface area (Å²) in [5, 5.41) is 5.73. The topological polar surface area (TPSA) is 103 Å². The number of methoxy groups -OCH3 is 2. The fourth-order valence-electron chi connectivity index (χ4n) is 4.69. The lowest BCUT2D eigenvalue weighted by Gasteiger charge is -2.29. The molecule has 9 nitrogen and oxygen atoms in total. The summed E-state index contributed by atoms with van der Waals surface area (Å²) in [7, 11) is 3.15. The zero-order valence-corrected chi connectivity index (χ0v) is 23.1. The van der Waals surface area contributed by atoms with Gasteiger partial charge in [-0.15, -0.1) is 11.3 Å². The fourth-order valence-corrected chi connectivity index (χ4v) is 5.41. The van der Waals surface area contributed by atoms with E-state index in [2.05, 4.69) is 22.1 Å². The highest BCUT2D eigenvalue weighted by atomic mass is 32.1.